The summed E-state index contributed by atoms with van der Waals surface area (Å²) in [5.74, 6) is -0.288. The minimum absolute atomic E-state index is 0.0120. The van der Waals surface area contributed by atoms with Crippen molar-refractivity contribution >= 4 is 23.2 Å². The second-order valence-corrected chi connectivity index (χ2v) is 6.69. The molecule has 0 atom stereocenters. The molecule has 0 aliphatic rings. The molecule has 0 aliphatic carbocycles. The van der Waals surface area contributed by atoms with E-state index in [1.807, 2.05) is 91.9 Å². The molecule has 0 fully saturated rings. The number of amides is 2. The fourth-order valence-corrected chi connectivity index (χ4v) is 3.15. The van der Waals surface area contributed by atoms with E-state index in [1.54, 1.807) is 9.80 Å². The number of rotatable bonds is 6. The van der Waals surface area contributed by atoms with Crippen LogP contribution >= 0.6 is 0 Å². The normalized spacial score (nSPS) is 10.4. The van der Waals surface area contributed by atoms with Crippen molar-refractivity contribution < 1.29 is 9.59 Å². The zero-order valence-corrected chi connectivity index (χ0v) is 16.2. The average molecular weight is 372 g/mol. The maximum atomic E-state index is 13.3. The summed E-state index contributed by atoms with van der Waals surface area (Å²) in [6.45, 7) is 3.86. The molecule has 0 radical (unpaired) electrons. The summed E-state index contributed by atoms with van der Waals surface area (Å²) in [4.78, 5) is 28.9. The van der Waals surface area contributed by atoms with Gasteiger partial charge in [0.1, 0.15) is 6.54 Å². The minimum Gasteiger partial charge on any atom is -0.306 e. The predicted molar refractivity (Wildman–Crippen MR) is 113 cm³/mol. The number of nitrogens with zero attached hydrogens (tertiary/aromatic N) is 2. The molecule has 2 amide bonds. The van der Waals surface area contributed by atoms with Gasteiger partial charge in [0.25, 0.3) is 0 Å². The van der Waals surface area contributed by atoms with E-state index >= 15 is 0 Å². The van der Waals surface area contributed by atoms with Gasteiger partial charge in [-0.2, -0.15) is 0 Å². The molecule has 4 nitrogen and oxygen atoms in total. The molecular weight excluding hydrogens is 348 g/mol. The van der Waals surface area contributed by atoms with Crippen molar-refractivity contribution in [3.63, 3.8) is 0 Å². The van der Waals surface area contributed by atoms with Crippen molar-refractivity contribution in [1.82, 2.24) is 0 Å². The van der Waals surface area contributed by atoms with Crippen LogP contribution < -0.4 is 9.80 Å². The minimum atomic E-state index is -0.157. The van der Waals surface area contributed by atoms with Crippen LogP contribution in [0.5, 0.6) is 0 Å². The van der Waals surface area contributed by atoms with Crippen molar-refractivity contribution in [2.45, 2.75) is 20.4 Å². The maximum absolute atomic E-state index is 13.3. The lowest BCUT2D eigenvalue weighted by Gasteiger charge is -2.28. The zero-order valence-electron chi connectivity index (χ0n) is 16.2. The highest BCUT2D eigenvalue weighted by molar-refractivity contribution is 6.03. The van der Waals surface area contributed by atoms with Gasteiger partial charge in [-0.15, -0.1) is 0 Å². The first-order chi connectivity index (χ1) is 13.6. The van der Waals surface area contributed by atoms with Crippen LogP contribution in [0.4, 0.5) is 11.4 Å². The van der Waals surface area contributed by atoms with Gasteiger partial charge in [-0.3, -0.25) is 9.59 Å². The van der Waals surface area contributed by atoms with Crippen LogP contribution in [0, 0.1) is 6.92 Å². The monoisotopic (exact) mass is 372 g/mol. The van der Waals surface area contributed by atoms with Crippen molar-refractivity contribution in [1.29, 1.82) is 0 Å². The lowest BCUT2D eigenvalue weighted by molar-refractivity contribution is -0.121. The average Bonchev–Trinajstić information content (AvgIpc) is 2.72. The summed E-state index contributed by atoms with van der Waals surface area (Å²) in [5.41, 5.74) is 3.56. The standard InChI is InChI=1S/C24H24N2O2/c1-19-11-9-10-16-23(19)25(20(2)27)18-24(28)26(22-14-7-4-8-15-22)17-21-12-5-3-6-13-21/h3-16H,17-18H2,1-2H3. The Kier molecular flexibility index (Phi) is 6.22. The van der Waals surface area contributed by atoms with Crippen LogP contribution in [-0.2, 0) is 16.1 Å². The van der Waals surface area contributed by atoms with Gasteiger partial charge in [-0.25, -0.2) is 0 Å². The summed E-state index contributed by atoms with van der Waals surface area (Å²) in [6, 6.07) is 27.0. The van der Waals surface area contributed by atoms with Gasteiger partial charge in [0, 0.05) is 18.3 Å². The molecule has 4 heteroatoms. The molecule has 0 unspecified atom stereocenters. The Bertz CT molecular complexity index is 939. The topological polar surface area (TPSA) is 40.6 Å². The molecule has 0 aromatic heterocycles. The Morgan fingerprint density at radius 2 is 1.32 bits per heavy atom. The van der Waals surface area contributed by atoms with Crippen LogP contribution in [-0.4, -0.2) is 18.4 Å². The number of benzene rings is 3. The van der Waals surface area contributed by atoms with E-state index in [0.29, 0.717) is 6.54 Å². The number of para-hydroxylation sites is 2. The Balaban J connectivity index is 1.90. The summed E-state index contributed by atoms with van der Waals surface area (Å²) >= 11 is 0. The summed E-state index contributed by atoms with van der Waals surface area (Å²) < 4.78 is 0. The van der Waals surface area contributed by atoms with E-state index in [-0.39, 0.29) is 18.4 Å². The van der Waals surface area contributed by atoms with Crippen molar-refractivity contribution in [2.24, 2.45) is 0 Å². The SMILES string of the molecule is CC(=O)N(CC(=O)N(Cc1ccccc1)c1ccccc1)c1ccccc1C. The van der Waals surface area contributed by atoms with Crippen molar-refractivity contribution in [3.8, 4) is 0 Å². The lowest BCUT2D eigenvalue weighted by Crippen LogP contribution is -2.42. The molecule has 142 valence electrons. The van der Waals surface area contributed by atoms with Gasteiger partial charge in [0.15, 0.2) is 0 Å². The second-order valence-electron chi connectivity index (χ2n) is 6.69. The summed E-state index contributed by atoms with van der Waals surface area (Å²) in [6.07, 6.45) is 0. The molecular formula is C24H24N2O2. The number of hydrogen-bond acceptors (Lipinski definition) is 2. The largest absolute Gasteiger partial charge is 0.306 e. The Labute approximate surface area is 166 Å². The second kappa shape index (κ2) is 9.00. The van der Waals surface area contributed by atoms with E-state index < -0.39 is 0 Å². The fourth-order valence-electron chi connectivity index (χ4n) is 3.15. The van der Waals surface area contributed by atoms with Crippen LogP contribution in [0.3, 0.4) is 0 Å². The highest BCUT2D eigenvalue weighted by atomic mass is 16.2. The van der Waals surface area contributed by atoms with Gasteiger partial charge < -0.3 is 9.80 Å². The number of hydrogen-bond donors (Lipinski definition) is 0. The third kappa shape index (κ3) is 4.65. The number of carbonyl (C=O) groups is 2. The molecule has 0 saturated heterocycles. The Hall–Kier alpha value is -3.40. The lowest BCUT2D eigenvalue weighted by atomic mass is 10.1. The van der Waals surface area contributed by atoms with Crippen LogP contribution in [0.1, 0.15) is 18.1 Å². The Morgan fingerprint density at radius 1 is 0.750 bits per heavy atom. The van der Waals surface area contributed by atoms with E-state index in [2.05, 4.69) is 0 Å². The third-order valence-electron chi connectivity index (χ3n) is 4.63. The van der Waals surface area contributed by atoms with Crippen molar-refractivity contribution in [2.75, 3.05) is 16.3 Å². The smallest absolute Gasteiger partial charge is 0.247 e. The molecule has 0 heterocycles. The van der Waals surface area contributed by atoms with E-state index in [9.17, 15) is 9.59 Å². The van der Waals surface area contributed by atoms with Gasteiger partial charge in [-0.1, -0.05) is 66.7 Å². The van der Waals surface area contributed by atoms with Gasteiger partial charge >= 0.3 is 0 Å². The van der Waals surface area contributed by atoms with E-state index in [4.69, 9.17) is 0 Å². The van der Waals surface area contributed by atoms with Crippen LogP contribution in [0.25, 0.3) is 0 Å². The molecule has 3 aromatic rings. The van der Waals surface area contributed by atoms with Crippen LogP contribution in [0.15, 0.2) is 84.9 Å². The van der Waals surface area contributed by atoms with Gasteiger partial charge in [-0.05, 0) is 36.2 Å². The molecule has 0 aliphatic heterocycles. The van der Waals surface area contributed by atoms with Crippen LogP contribution in [0.2, 0.25) is 0 Å². The van der Waals surface area contributed by atoms with E-state index in [1.165, 1.54) is 6.92 Å². The fraction of sp³-hybridized carbons (Fsp3) is 0.167. The number of anilines is 2. The molecule has 0 bridgehead atoms. The molecule has 0 spiro atoms. The highest BCUT2D eigenvalue weighted by Gasteiger charge is 2.22. The molecule has 3 rings (SSSR count). The third-order valence-corrected chi connectivity index (χ3v) is 4.63. The first kappa shape index (κ1) is 19.4. The van der Waals surface area contributed by atoms with E-state index in [0.717, 1.165) is 22.5 Å². The molecule has 28 heavy (non-hydrogen) atoms. The zero-order chi connectivity index (χ0) is 19.9. The van der Waals surface area contributed by atoms with Gasteiger partial charge in [0.2, 0.25) is 11.8 Å². The molecule has 0 N–H and O–H groups in total. The highest BCUT2D eigenvalue weighted by Crippen LogP contribution is 2.22. The first-order valence-electron chi connectivity index (χ1n) is 9.29. The Morgan fingerprint density at radius 3 is 1.93 bits per heavy atom. The predicted octanol–water partition coefficient (Wildman–Crippen LogP) is 4.58. The summed E-state index contributed by atoms with van der Waals surface area (Å²) in [7, 11) is 0. The quantitative estimate of drug-likeness (QED) is 0.635. The first-order valence-corrected chi connectivity index (χ1v) is 9.29. The molecule has 3 aromatic carbocycles. The van der Waals surface area contributed by atoms with Crippen molar-refractivity contribution in [3.05, 3.63) is 96.1 Å². The number of aryl methyl sites for hydroxylation is 1. The summed E-state index contributed by atoms with van der Waals surface area (Å²) in [5, 5.41) is 0. The maximum Gasteiger partial charge on any atom is 0.247 e. The molecule has 0 saturated carbocycles. The number of carbonyl (C=O) groups excluding carboxylic acids is 2. The van der Waals surface area contributed by atoms with Gasteiger partial charge in [0.05, 0.1) is 6.54 Å².